The zero-order chi connectivity index (χ0) is 10.4. The zero-order valence-corrected chi connectivity index (χ0v) is 10.0. The summed E-state index contributed by atoms with van der Waals surface area (Å²) in [5.41, 5.74) is 1.51. The van der Waals surface area contributed by atoms with Gasteiger partial charge in [0, 0.05) is 0 Å². The van der Waals surface area contributed by atoms with Crippen molar-refractivity contribution in [2.24, 2.45) is 11.8 Å². The van der Waals surface area contributed by atoms with Crippen LogP contribution in [0.4, 0.5) is 0 Å². The summed E-state index contributed by atoms with van der Waals surface area (Å²) in [6.45, 7) is 8.85. The summed E-state index contributed by atoms with van der Waals surface area (Å²) in [6.07, 6.45) is 11.5. The third kappa shape index (κ3) is 3.86. The van der Waals surface area contributed by atoms with Crippen molar-refractivity contribution in [3.63, 3.8) is 0 Å². The molecule has 0 bridgehead atoms. The van der Waals surface area contributed by atoms with Crippen molar-refractivity contribution >= 4 is 0 Å². The van der Waals surface area contributed by atoms with E-state index < -0.39 is 0 Å². The van der Waals surface area contributed by atoms with E-state index in [2.05, 4.69) is 20.4 Å². The molecule has 1 aliphatic rings. The molecule has 0 heterocycles. The molecule has 0 nitrogen and oxygen atoms in total. The Labute approximate surface area is 89.8 Å². The maximum Gasteiger partial charge on any atom is -0.0203 e. The predicted octanol–water partition coefficient (Wildman–Crippen LogP) is 4.95. The van der Waals surface area contributed by atoms with Crippen LogP contribution in [0.1, 0.15) is 65.2 Å². The summed E-state index contributed by atoms with van der Waals surface area (Å²) in [6, 6.07) is 0. The molecule has 0 heteroatoms. The smallest absolute Gasteiger partial charge is 0.0203 e. The molecular weight excluding hydrogens is 168 g/mol. The van der Waals surface area contributed by atoms with Gasteiger partial charge in [-0.1, -0.05) is 64.5 Å². The van der Waals surface area contributed by atoms with Crippen LogP contribution in [0.25, 0.3) is 0 Å². The molecular formula is C14H26. The molecule has 82 valence electrons. The van der Waals surface area contributed by atoms with E-state index in [-0.39, 0.29) is 0 Å². The summed E-state index contributed by atoms with van der Waals surface area (Å²) < 4.78 is 0. The second-order valence-corrected chi connectivity index (χ2v) is 5.13. The minimum Gasteiger partial charge on any atom is -0.0993 e. The Morgan fingerprint density at radius 1 is 0.929 bits per heavy atom. The minimum atomic E-state index is 0.681. The summed E-state index contributed by atoms with van der Waals surface area (Å²) >= 11 is 0. The monoisotopic (exact) mass is 194 g/mol. The minimum absolute atomic E-state index is 0.681. The van der Waals surface area contributed by atoms with E-state index in [0.29, 0.717) is 5.92 Å². The Morgan fingerprint density at radius 3 is 1.79 bits per heavy atom. The molecule has 1 aliphatic carbocycles. The van der Waals surface area contributed by atoms with Crippen molar-refractivity contribution in [3.8, 4) is 0 Å². The molecule has 1 rings (SSSR count). The van der Waals surface area contributed by atoms with E-state index in [9.17, 15) is 0 Å². The second kappa shape index (κ2) is 6.27. The summed E-state index contributed by atoms with van der Waals surface area (Å²) in [5.74, 6) is 1.51. The summed E-state index contributed by atoms with van der Waals surface area (Å²) in [4.78, 5) is 0. The van der Waals surface area contributed by atoms with Gasteiger partial charge in [-0.25, -0.2) is 0 Å². The van der Waals surface area contributed by atoms with Crippen LogP contribution in [0, 0.1) is 11.8 Å². The van der Waals surface area contributed by atoms with Crippen LogP contribution in [0.15, 0.2) is 12.2 Å². The van der Waals surface area contributed by atoms with Crippen LogP contribution >= 0.6 is 0 Å². The van der Waals surface area contributed by atoms with Crippen LogP contribution in [0.2, 0.25) is 0 Å². The zero-order valence-electron chi connectivity index (χ0n) is 10.0. The molecule has 0 amide bonds. The van der Waals surface area contributed by atoms with Crippen molar-refractivity contribution in [1.29, 1.82) is 0 Å². The van der Waals surface area contributed by atoms with Crippen LogP contribution in [0.3, 0.4) is 0 Å². The molecule has 0 radical (unpaired) electrons. The lowest BCUT2D eigenvalue weighted by atomic mass is 9.84. The van der Waals surface area contributed by atoms with Crippen LogP contribution in [0.5, 0.6) is 0 Å². The lowest BCUT2D eigenvalue weighted by Crippen LogP contribution is -2.08. The first-order valence-corrected chi connectivity index (χ1v) is 6.40. The highest BCUT2D eigenvalue weighted by atomic mass is 14.2. The predicted molar refractivity (Wildman–Crippen MR) is 64.4 cm³/mol. The van der Waals surface area contributed by atoms with Gasteiger partial charge in [0.1, 0.15) is 0 Å². The Kier molecular flexibility index (Phi) is 5.29. The van der Waals surface area contributed by atoms with Crippen molar-refractivity contribution < 1.29 is 0 Å². The van der Waals surface area contributed by atoms with E-state index >= 15 is 0 Å². The van der Waals surface area contributed by atoms with Crippen molar-refractivity contribution in [2.45, 2.75) is 65.2 Å². The van der Waals surface area contributed by atoms with E-state index in [0.717, 1.165) is 5.92 Å². The van der Waals surface area contributed by atoms with Crippen molar-refractivity contribution in [3.05, 3.63) is 12.2 Å². The summed E-state index contributed by atoms with van der Waals surface area (Å²) in [5, 5.41) is 0. The molecule has 0 atom stereocenters. The van der Waals surface area contributed by atoms with Crippen LogP contribution in [-0.2, 0) is 0 Å². The first-order chi connectivity index (χ1) is 6.72. The Morgan fingerprint density at radius 2 is 1.36 bits per heavy atom. The van der Waals surface area contributed by atoms with Gasteiger partial charge < -0.3 is 0 Å². The fraction of sp³-hybridized carbons (Fsp3) is 0.857. The van der Waals surface area contributed by atoms with Gasteiger partial charge in [0.05, 0.1) is 0 Å². The quantitative estimate of drug-likeness (QED) is 0.546. The molecule has 0 N–H and O–H groups in total. The number of rotatable bonds is 2. The SMILES string of the molecule is C=C(C(C)C)C1CCCCCCCC1. The van der Waals surface area contributed by atoms with Crippen LogP contribution < -0.4 is 0 Å². The Hall–Kier alpha value is -0.260. The number of allylic oxidation sites excluding steroid dienone is 1. The van der Waals surface area contributed by atoms with Gasteiger partial charge in [-0.3, -0.25) is 0 Å². The molecule has 0 spiro atoms. The van der Waals surface area contributed by atoms with Gasteiger partial charge in [0.2, 0.25) is 0 Å². The molecule has 1 saturated carbocycles. The normalized spacial score (nSPS) is 21.4. The molecule has 0 aromatic rings. The fourth-order valence-corrected chi connectivity index (χ4v) is 2.48. The van der Waals surface area contributed by atoms with E-state index in [1.165, 1.54) is 56.9 Å². The highest BCUT2D eigenvalue weighted by molar-refractivity contribution is 5.03. The van der Waals surface area contributed by atoms with E-state index in [1.807, 2.05) is 0 Å². The molecule has 0 aliphatic heterocycles. The maximum atomic E-state index is 4.28. The van der Waals surface area contributed by atoms with Crippen molar-refractivity contribution in [1.82, 2.24) is 0 Å². The van der Waals surface area contributed by atoms with Gasteiger partial charge >= 0.3 is 0 Å². The first-order valence-electron chi connectivity index (χ1n) is 6.40. The second-order valence-electron chi connectivity index (χ2n) is 5.13. The Balaban J connectivity index is 2.43. The van der Waals surface area contributed by atoms with Gasteiger partial charge in [-0.05, 0) is 24.7 Å². The Bertz CT molecular complexity index is 157. The third-order valence-corrected chi connectivity index (χ3v) is 3.62. The highest BCUT2D eigenvalue weighted by Gasteiger charge is 2.15. The molecule has 0 unspecified atom stereocenters. The molecule has 0 saturated heterocycles. The first kappa shape index (κ1) is 11.8. The largest absolute Gasteiger partial charge is 0.0993 e. The lowest BCUT2D eigenvalue weighted by molar-refractivity contribution is 0.452. The highest BCUT2D eigenvalue weighted by Crippen LogP contribution is 2.30. The molecule has 0 aromatic heterocycles. The topological polar surface area (TPSA) is 0 Å². The number of hydrogen-bond donors (Lipinski definition) is 0. The standard InChI is InChI=1S/C14H26/c1-12(2)13(3)14-10-8-6-4-5-7-9-11-14/h12,14H,3-11H2,1-2H3. The van der Waals surface area contributed by atoms with Crippen molar-refractivity contribution in [2.75, 3.05) is 0 Å². The average molecular weight is 194 g/mol. The molecule has 0 aromatic carbocycles. The fourth-order valence-electron chi connectivity index (χ4n) is 2.48. The molecule has 14 heavy (non-hydrogen) atoms. The summed E-state index contributed by atoms with van der Waals surface area (Å²) in [7, 11) is 0. The molecule has 1 fully saturated rings. The van der Waals surface area contributed by atoms with E-state index in [4.69, 9.17) is 0 Å². The number of hydrogen-bond acceptors (Lipinski definition) is 0. The van der Waals surface area contributed by atoms with Gasteiger partial charge in [-0.2, -0.15) is 0 Å². The third-order valence-electron chi connectivity index (χ3n) is 3.62. The van der Waals surface area contributed by atoms with E-state index in [1.54, 1.807) is 0 Å². The van der Waals surface area contributed by atoms with Gasteiger partial charge in [0.15, 0.2) is 0 Å². The lowest BCUT2D eigenvalue weighted by Gasteiger charge is -2.21. The van der Waals surface area contributed by atoms with Gasteiger partial charge in [-0.15, -0.1) is 0 Å². The van der Waals surface area contributed by atoms with Crippen LogP contribution in [-0.4, -0.2) is 0 Å². The van der Waals surface area contributed by atoms with Gasteiger partial charge in [0.25, 0.3) is 0 Å². The average Bonchev–Trinajstić information content (AvgIpc) is 2.29. The maximum absolute atomic E-state index is 4.28.